The first-order valence-corrected chi connectivity index (χ1v) is 10.8. The summed E-state index contributed by atoms with van der Waals surface area (Å²) in [7, 11) is 5.06. The molecule has 1 aliphatic heterocycles. The van der Waals surface area contributed by atoms with Crippen LogP contribution in [0.2, 0.25) is 0 Å². The second-order valence-electron chi connectivity index (χ2n) is 8.22. The molecule has 0 N–H and O–H groups in total. The number of ether oxygens (including phenoxy) is 3. The summed E-state index contributed by atoms with van der Waals surface area (Å²) < 4.78 is 19.3. The van der Waals surface area contributed by atoms with Crippen LogP contribution in [0.4, 0.5) is 0 Å². The van der Waals surface area contributed by atoms with E-state index in [1.165, 1.54) is 22.4 Å². The van der Waals surface area contributed by atoms with Gasteiger partial charge in [-0.1, -0.05) is 23.8 Å². The lowest BCUT2D eigenvalue weighted by atomic mass is 9.95. The lowest BCUT2D eigenvalue weighted by Crippen LogP contribution is -2.30. The monoisotopic (exact) mass is 420 g/mol. The van der Waals surface area contributed by atoms with E-state index in [1.807, 2.05) is 12.1 Å². The molecule has 0 saturated carbocycles. The van der Waals surface area contributed by atoms with E-state index in [0.29, 0.717) is 0 Å². The number of rotatable bonds is 6. The van der Waals surface area contributed by atoms with Gasteiger partial charge in [-0.15, -0.1) is 0 Å². The van der Waals surface area contributed by atoms with Crippen molar-refractivity contribution in [3.8, 4) is 17.2 Å². The molecule has 5 nitrogen and oxygen atoms in total. The Morgan fingerprint density at radius 1 is 0.903 bits per heavy atom. The van der Waals surface area contributed by atoms with Crippen LogP contribution in [0.25, 0.3) is 0 Å². The Balaban J connectivity index is 1.82. The summed E-state index contributed by atoms with van der Waals surface area (Å²) in [6.07, 6.45) is 3.29. The van der Waals surface area contributed by atoms with Crippen molar-refractivity contribution < 1.29 is 14.2 Å². The summed E-state index contributed by atoms with van der Waals surface area (Å²) in [5, 5.41) is 0. The summed E-state index contributed by atoms with van der Waals surface area (Å²) in [5.74, 6) is 2.30. The maximum atomic E-state index is 5.75. The first-order valence-electron chi connectivity index (χ1n) is 10.8. The van der Waals surface area contributed by atoms with Gasteiger partial charge >= 0.3 is 0 Å². The zero-order valence-corrected chi connectivity index (χ0v) is 19.1. The topological polar surface area (TPSA) is 35.9 Å². The molecule has 164 valence electrons. The molecule has 0 spiro atoms. The zero-order chi connectivity index (χ0) is 22.0. The van der Waals surface area contributed by atoms with Crippen molar-refractivity contribution in [3.63, 3.8) is 0 Å². The van der Waals surface area contributed by atoms with E-state index in [4.69, 9.17) is 14.2 Å². The van der Waals surface area contributed by atoms with Crippen LogP contribution in [0.3, 0.4) is 0 Å². The third-order valence-electron chi connectivity index (χ3n) is 6.26. The van der Waals surface area contributed by atoms with E-state index < -0.39 is 0 Å². The van der Waals surface area contributed by atoms with Gasteiger partial charge in [-0.25, -0.2) is 0 Å². The largest absolute Gasteiger partial charge is 0.496 e. The lowest BCUT2D eigenvalue weighted by molar-refractivity contribution is 0.213. The van der Waals surface area contributed by atoms with E-state index in [-0.39, 0.29) is 6.04 Å². The number of aryl methyl sites for hydroxylation is 3. The fourth-order valence-corrected chi connectivity index (χ4v) is 4.66. The molecule has 31 heavy (non-hydrogen) atoms. The minimum absolute atomic E-state index is 0.161. The van der Waals surface area contributed by atoms with E-state index in [1.54, 1.807) is 21.3 Å². The third kappa shape index (κ3) is 4.15. The molecule has 0 aliphatic carbocycles. The van der Waals surface area contributed by atoms with E-state index in [2.05, 4.69) is 59.8 Å². The van der Waals surface area contributed by atoms with Crippen LogP contribution in [0.1, 0.15) is 40.4 Å². The lowest BCUT2D eigenvalue weighted by Gasteiger charge is -2.32. The van der Waals surface area contributed by atoms with Crippen molar-refractivity contribution in [2.24, 2.45) is 0 Å². The number of nitrogens with zero attached hydrogens (tertiary/aromatic N) is 2. The van der Waals surface area contributed by atoms with Crippen molar-refractivity contribution >= 4 is 0 Å². The molecule has 0 bridgehead atoms. The number of benzene rings is 2. The highest BCUT2D eigenvalue weighted by atomic mass is 16.5. The van der Waals surface area contributed by atoms with Gasteiger partial charge < -0.3 is 18.8 Å². The highest BCUT2D eigenvalue weighted by molar-refractivity contribution is 5.51. The second-order valence-corrected chi connectivity index (χ2v) is 8.22. The number of aromatic nitrogens is 1. The predicted molar refractivity (Wildman–Crippen MR) is 123 cm³/mol. The summed E-state index contributed by atoms with van der Waals surface area (Å²) >= 11 is 0. The molecule has 0 amide bonds. The van der Waals surface area contributed by atoms with Gasteiger partial charge in [0.2, 0.25) is 0 Å². The van der Waals surface area contributed by atoms with Gasteiger partial charge in [0.25, 0.3) is 0 Å². The van der Waals surface area contributed by atoms with Crippen molar-refractivity contribution in [3.05, 3.63) is 76.6 Å². The quantitative estimate of drug-likeness (QED) is 0.554. The van der Waals surface area contributed by atoms with Crippen LogP contribution in [-0.4, -0.2) is 37.3 Å². The minimum Gasteiger partial charge on any atom is -0.496 e. The van der Waals surface area contributed by atoms with Gasteiger partial charge in [-0.05, 0) is 43.5 Å². The van der Waals surface area contributed by atoms with Crippen molar-refractivity contribution in [1.29, 1.82) is 0 Å². The fraction of sp³-hybridized carbons (Fsp3) is 0.385. The van der Waals surface area contributed by atoms with Crippen LogP contribution in [-0.2, 0) is 13.1 Å². The van der Waals surface area contributed by atoms with E-state index in [0.717, 1.165) is 48.9 Å². The van der Waals surface area contributed by atoms with Gasteiger partial charge in [-0.2, -0.15) is 0 Å². The zero-order valence-electron chi connectivity index (χ0n) is 19.1. The van der Waals surface area contributed by atoms with Crippen LogP contribution in [0.5, 0.6) is 17.2 Å². The fourth-order valence-electron chi connectivity index (χ4n) is 4.66. The number of hydrogen-bond donors (Lipinski definition) is 0. The van der Waals surface area contributed by atoms with Gasteiger partial charge in [0.05, 0.1) is 32.9 Å². The highest BCUT2D eigenvalue weighted by Crippen LogP contribution is 2.40. The SMILES string of the molecule is COc1cc(OC)c(CN2CCCn3cccc3C2c2cc(C)ccc2C)c(OC)c1. The molecule has 4 rings (SSSR count). The van der Waals surface area contributed by atoms with Crippen LogP contribution in [0, 0.1) is 13.8 Å². The maximum absolute atomic E-state index is 5.75. The molecule has 2 aromatic carbocycles. The first kappa shape index (κ1) is 21.3. The molecule has 1 aromatic heterocycles. The first-order chi connectivity index (χ1) is 15.0. The minimum atomic E-state index is 0.161. The van der Waals surface area contributed by atoms with Crippen LogP contribution < -0.4 is 14.2 Å². The van der Waals surface area contributed by atoms with E-state index in [9.17, 15) is 0 Å². The van der Waals surface area contributed by atoms with Crippen molar-refractivity contribution in [1.82, 2.24) is 9.47 Å². The smallest absolute Gasteiger partial charge is 0.130 e. The van der Waals surface area contributed by atoms with Gasteiger partial charge in [0.15, 0.2) is 0 Å². The number of hydrogen-bond acceptors (Lipinski definition) is 4. The molecule has 0 saturated heterocycles. The molecule has 1 unspecified atom stereocenters. The molecule has 1 aliphatic rings. The average Bonchev–Trinajstić information content (AvgIpc) is 3.17. The Morgan fingerprint density at radius 2 is 1.65 bits per heavy atom. The Labute approximate surface area is 185 Å². The normalized spacial score (nSPS) is 16.5. The van der Waals surface area contributed by atoms with Gasteiger partial charge in [0.1, 0.15) is 17.2 Å². The number of methoxy groups -OCH3 is 3. The van der Waals surface area contributed by atoms with Crippen LogP contribution in [0.15, 0.2) is 48.7 Å². The summed E-state index contributed by atoms with van der Waals surface area (Å²) in [4.78, 5) is 2.55. The maximum Gasteiger partial charge on any atom is 0.130 e. The standard InChI is InChI=1S/C26H32N2O3/c1-18-9-10-19(2)21(14-18)26-23-8-6-11-27(23)12-7-13-28(26)17-22-24(30-4)15-20(29-3)16-25(22)31-5/h6,8-11,14-16,26H,7,12-13,17H2,1-5H3. The summed E-state index contributed by atoms with van der Waals surface area (Å²) in [5.41, 5.74) is 6.32. The molecule has 0 radical (unpaired) electrons. The molecule has 2 heterocycles. The van der Waals surface area contributed by atoms with Crippen molar-refractivity contribution in [2.75, 3.05) is 27.9 Å². The third-order valence-corrected chi connectivity index (χ3v) is 6.26. The molecular weight excluding hydrogens is 388 g/mol. The summed E-state index contributed by atoms with van der Waals surface area (Å²) in [6.45, 7) is 7.10. The molecular formula is C26H32N2O3. The van der Waals surface area contributed by atoms with Crippen molar-refractivity contribution in [2.45, 2.75) is 39.4 Å². The average molecular weight is 421 g/mol. The number of fused-ring (bicyclic) bond motifs is 1. The Hall–Kier alpha value is -2.92. The van der Waals surface area contributed by atoms with Gasteiger partial charge in [0, 0.05) is 43.7 Å². The van der Waals surface area contributed by atoms with Gasteiger partial charge in [-0.3, -0.25) is 4.90 Å². The summed E-state index contributed by atoms with van der Waals surface area (Å²) in [6, 6.07) is 15.2. The second kappa shape index (κ2) is 9.06. The Bertz CT molecular complexity index is 1030. The van der Waals surface area contributed by atoms with E-state index >= 15 is 0 Å². The Morgan fingerprint density at radius 3 is 2.32 bits per heavy atom. The molecule has 3 aromatic rings. The predicted octanol–water partition coefficient (Wildman–Crippen LogP) is 5.13. The highest BCUT2D eigenvalue weighted by Gasteiger charge is 2.30. The Kier molecular flexibility index (Phi) is 6.23. The van der Waals surface area contributed by atoms with Crippen LogP contribution >= 0.6 is 0 Å². The molecule has 1 atom stereocenters. The molecule has 5 heteroatoms. The molecule has 0 fully saturated rings.